The lowest BCUT2D eigenvalue weighted by atomic mass is 10.0. The molecule has 0 aliphatic carbocycles. The monoisotopic (exact) mass is 614 g/mol. The van der Waals surface area contributed by atoms with Crippen LogP contribution in [-0.4, -0.2) is 19.1 Å². The zero-order valence-electron chi connectivity index (χ0n) is 26.6. The quantitative estimate of drug-likeness (QED) is 0.198. The molecule has 0 bridgehead atoms. The van der Waals surface area contributed by atoms with E-state index in [1.165, 1.54) is 49.0 Å². The van der Waals surface area contributed by atoms with Gasteiger partial charge in [0.15, 0.2) is 0 Å². The molecule has 0 aliphatic heterocycles. The second kappa shape index (κ2) is 10.1. The topological polar surface area (TPSA) is 35.6 Å². The fraction of sp³-hybridized carbons (Fsp3) is 0.0455. The molecule has 4 heteroatoms. The first-order valence-electron chi connectivity index (χ1n) is 16.4. The van der Waals surface area contributed by atoms with Gasteiger partial charge in [-0.3, -0.25) is 4.57 Å². The van der Waals surface area contributed by atoms with Crippen molar-refractivity contribution in [1.82, 2.24) is 19.1 Å². The molecule has 48 heavy (non-hydrogen) atoms. The van der Waals surface area contributed by atoms with E-state index < -0.39 is 0 Å². The SMILES string of the molecule is Cc1cc(C)cc(-c2nc(-n3c4cc5ccccc5cc4c4cc5c6ccccc6n(-c6ccccc6)c5cc43)nc3ccccc23)c1. The molecule has 3 heterocycles. The van der Waals surface area contributed by atoms with E-state index in [1.807, 2.05) is 0 Å². The largest absolute Gasteiger partial charge is 0.309 e. The Labute approximate surface area is 277 Å². The highest BCUT2D eigenvalue weighted by Crippen LogP contribution is 2.41. The lowest BCUT2D eigenvalue weighted by Gasteiger charge is -2.13. The van der Waals surface area contributed by atoms with E-state index >= 15 is 0 Å². The van der Waals surface area contributed by atoms with Crippen molar-refractivity contribution in [2.75, 3.05) is 0 Å². The molecule has 10 rings (SSSR count). The van der Waals surface area contributed by atoms with Gasteiger partial charge in [-0.1, -0.05) is 96.1 Å². The third-order valence-electron chi connectivity index (χ3n) is 9.73. The van der Waals surface area contributed by atoms with Crippen LogP contribution < -0.4 is 0 Å². The van der Waals surface area contributed by atoms with Gasteiger partial charge in [-0.05, 0) is 85.3 Å². The maximum absolute atomic E-state index is 5.42. The van der Waals surface area contributed by atoms with Crippen molar-refractivity contribution in [3.05, 3.63) is 157 Å². The van der Waals surface area contributed by atoms with E-state index in [4.69, 9.17) is 9.97 Å². The summed E-state index contributed by atoms with van der Waals surface area (Å²) in [6.45, 7) is 4.30. The number of aryl methyl sites for hydroxylation is 2. The summed E-state index contributed by atoms with van der Waals surface area (Å²) in [6.07, 6.45) is 0. The summed E-state index contributed by atoms with van der Waals surface area (Å²) < 4.78 is 4.66. The predicted octanol–water partition coefficient (Wildman–Crippen LogP) is 11.3. The molecular formula is C44H30N4. The highest BCUT2D eigenvalue weighted by molar-refractivity contribution is 6.20. The number of rotatable bonds is 3. The Morgan fingerprint density at radius 3 is 1.83 bits per heavy atom. The maximum Gasteiger partial charge on any atom is 0.235 e. The van der Waals surface area contributed by atoms with Crippen molar-refractivity contribution < 1.29 is 0 Å². The van der Waals surface area contributed by atoms with Crippen LogP contribution in [0.4, 0.5) is 0 Å². The smallest absolute Gasteiger partial charge is 0.235 e. The van der Waals surface area contributed by atoms with Crippen molar-refractivity contribution >= 4 is 65.3 Å². The Morgan fingerprint density at radius 2 is 1.02 bits per heavy atom. The average Bonchev–Trinajstić information content (AvgIpc) is 3.60. The summed E-state index contributed by atoms with van der Waals surface area (Å²) in [6, 6.07) is 52.4. The molecule has 0 spiro atoms. The Bertz CT molecular complexity index is 2890. The van der Waals surface area contributed by atoms with Crippen LogP contribution in [0.2, 0.25) is 0 Å². The van der Waals surface area contributed by atoms with Crippen LogP contribution in [0.1, 0.15) is 11.1 Å². The van der Waals surface area contributed by atoms with Crippen molar-refractivity contribution in [3.8, 4) is 22.9 Å². The molecule has 0 aliphatic rings. The maximum atomic E-state index is 5.42. The van der Waals surface area contributed by atoms with Gasteiger partial charge in [0.1, 0.15) is 0 Å². The van der Waals surface area contributed by atoms with Crippen LogP contribution in [0.15, 0.2) is 146 Å². The number of hydrogen-bond donors (Lipinski definition) is 0. The van der Waals surface area contributed by atoms with Gasteiger partial charge in [0.05, 0.1) is 33.3 Å². The van der Waals surface area contributed by atoms with Gasteiger partial charge in [-0.25, -0.2) is 9.97 Å². The molecule has 3 aromatic heterocycles. The van der Waals surface area contributed by atoms with E-state index in [2.05, 4.69) is 169 Å². The van der Waals surface area contributed by atoms with Crippen LogP contribution in [0.25, 0.3) is 88.2 Å². The molecule has 0 unspecified atom stereocenters. The van der Waals surface area contributed by atoms with Crippen molar-refractivity contribution in [3.63, 3.8) is 0 Å². The molecule has 10 aromatic rings. The minimum Gasteiger partial charge on any atom is -0.309 e. The molecule has 0 atom stereocenters. The second-order valence-corrected chi connectivity index (χ2v) is 12.9. The highest BCUT2D eigenvalue weighted by atomic mass is 15.2. The van der Waals surface area contributed by atoms with Gasteiger partial charge in [-0.15, -0.1) is 0 Å². The molecule has 4 nitrogen and oxygen atoms in total. The zero-order chi connectivity index (χ0) is 31.9. The fourth-order valence-corrected chi connectivity index (χ4v) is 7.73. The Morgan fingerprint density at radius 1 is 0.417 bits per heavy atom. The molecule has 226 valence electrons. The number of para-hydroxylation sites is 3. The number of benzene rings is 7. The first kappa shape index (κ1) is 26.9. The summed E-state index contributed by atoms with van der Waals surface area (Å²) in [5, 5.41) is 8.28. The van der Waals surface area contributed by atoms with Gasteiger partial charge < -0.3 is 4.57 Å². The minimum absolute atomic E-state index is 0.667. The van der Waals surface area contributed by atoms with Gasteiger partial charge in [0, 0.05) is 38.2 Å². The summed E-state index contributed by atoms with van der Waals surface area (Å²) in [5.74, 6) is 0.667. The van der Waals surface area contributed by atoms with E-state index in [1.54, 1.807) is 0 Å². The van der Waals surface area contributed by atoms with E-state index in [-0.39, 0.29) is 0 Å². The van der Waals surface area contributed by atoms with Gasteiger partial charge >= 0.3 is 0 Å². The molecule has 0 saturated carbocycles. The third kappa shape index (κ3) is 3.96. The summed E-state index contributed by atoms with van der Waals surface area (Å²) in [5.41, 5.74) is 11.0. The van der Waals surface area contributed by atoms with E-state index in [9.17, 15) is 0 Å². The number of hydrogen-bond acceptors (Lipinski definition) is 2. The molecule has 0 amide bonds. The summed E-state index contributed by atoms with van der Waals surface area (Å²) in [4.78, 5) is 10.7. The van der Waals surface area contributed by atoms with Crippen LogP contribution in [-0.2, 0) is 0 Å². The van der Waals surface area contributed by atoms with Crippen LogP contribution in [0.3, 0.4) is 0 Å². The van der Waals surface area contributed by atoms with Crippen molar-refractivity contribution in [1.29, 1.82) is 0 Å². The van der Waals surface area contributed by atoms with Gasteiger partial charge in [0.2, 0.25) is 5.95 Å². The predicted molar refractivity (Wildman–Crippen MR) is 201 cm³/mol. The molecule has 0 fully saturated rings. The lowest BCUT2D eigenvalue weighted by molar-refractivity contribution is 1.01. The van der Waals surface area contributed by atoms with Crippen LogP contribution in [0.5, 0.6) is 0 Å². The van der Waals surface area contributed by atoms with Crippen molar-refractivity contribution in [2.24, 2.45) is 0 Å². The Balaban J connectivity index is 1.38. The molecule has 0 radical (unpaired) electrons. The molecule has 0 saturated heterocycles. The average molecular weight is 615 g/mol. The molecule has 0 N–H and O–H groups in total. The second-order valence-electron chi connectivity index (χ2n) is 12.9. The first-order valence-corrected chi connectivity index (χ1v) is 16.4. The molecular weight excluding hydrogens is 585 g/mol. The highest BCUT2D eigenvalue weighted by Gasteiger charge is 2.21. The fourth-order valence-electron chi connectivity index (χ4n) is 7.73. The zero-order valence-corrected chi connectivity index (χ0v) is 26.6. The number of aromatic nitrogens is 4. The van der Waals surface area contributed by atoms with Crippen LogP contribution >= 0.6 is 0 Å². The Hall–Kier alpha value is -6.26. The van der Waals surface area contributed by atoms with E-state index in [0.717, 1.165) is 44.4 Å². The summed E-state index contributed by atoms with van der Waals surface area (Å²) >= 11 is 0. The van der Waals surface area contributed by atoms with Crippen molar-refractivity contribution in [2.45, 2.75) is 13.8 Å². The normalized spacial score (nSPS) is 12.0. The third-order valence-corrected chi connectivity index (χ3v) is 9.73. The standard InChI is InChI=1S/C44H30N4/c1-27-20-28(2)22-31(21-27)43-34-17-8-10-18-38(34)45-44(46-43)48-40-24-30-13-7-6-12-29(30)23-35(40)37-25-36-33-16-9-11-19-39(33)47(41(36)26-42(37)48)32-14-4-3-5-15-32/h3-26H,1-2H3. The lowest BCUT2D eigenvalue weighted by Crippen LogP contribution is -2.04. The molecule has 7 aromatic carbocycles. The number of nitrogens with zero attached hydrogens (tertiary/aromatic N) is 4. The Kier molecular flexibility index (Phi) is 5.67. The number of fused-ring (bicyclic) bond motifs is 8. The van der Waals surface area contributed by atoms with Gasteiger partial charge in [0.25, 0.3) is 0 Å². The van der Waals surface area contributed by atoms with Crippen LogP contribution in [0, 0.1) is 13.8 Å². The minimum atomic E-state index is 0.667. The first-order chi connectivity index (χ1) is 23.6. The summed E-state index contributed by atoms with van der Waals surface area (Å²) in [7, 11) is 0. The van der Waals surface area contributed by atoms with Gasteiger partial charge in [-0.2, -0.15) is 0 Å². The van der Waals surface area contributed by atoms with E-state index in [0.29, 0.717) is 5.95 Å².